The van der Waals surface area contributed by atoms with E-state index in [1.165, 1.54) is 0 Å². The van der Waals surface area contributed by atoms with E-state index in [1.54, 1.807) is 0 Å². The van der Waals surface area contributed by atoms with Gasteiger partial charge in [-0.2, -0.15) is 0 Å². The maximum atomic E-state index is 11.5. The van der Waals surface area contributed by atoms with Crippen LogP contribution in [0.4, 0.5) is 0 Å². The van der Waals surface area contributed by atoms with Crippen LogP contribution in [0, 0.1) is 5.41 Å². The molecule has 14 heavy (non-hydrogen) atoms. The molecule has 0 aliphatic heterocycles. The minimum absolute atomic E-state index is 0.0128. The summed E-state index contributed by atoms with van der Waals surface area (Å²) < 4.78 is 0. The number of rotatable bonds is 5. The third-order valence-corrected chi connectivity index (χ3v) is 2.39. The van der Waals surface area contributed by atoms with E-state index in [0.29, 0.717) is 12.8 Å². The number of ketones is 1. The molecule has 0 saturated carbocycles. The number of carbonyl (C=O) groups excluding carboxylic acids is 1. The molecule has 0 rings (SSSR count). The average Bonchev–Trinajstić information content (AvgIpc) is 1.99. The van der Waals surface area contributed by atoms with Crippen LogP contribution < -0.4 is 5.73 Å². The first kappa shape index (κ1) is 13.4. The van der Waals surface area contributed by atoms with E-state index in [2.05, 4.69) is 27.4 Å². The van der Waals surface area contributed by atoms with Gasteiger partial charge in [-0.25, -0.2) is 0 Å². The Kier molecular flexibility index (Phi) is 5.06. The second kappa shape index (κ2) is 5.30. The molecule has 0 aromatic rings. The largest absolute Gasteiger partial charge is 0.327 e. The first-order valence-electron chi connectivity index (χ1n) is 5.15. The summed E-state index contributed by atoms with van der Waals surface area (Å²) in [4.78, 5) is 11.5. The molecule has 0 spiro atoms. The molecule has 0 radical (unpaired) electrons. The van der Waals surface area contributed by atoms with Gasteiger partial charge in [-0.1, -0.05) is 26.3 Å². The van der Waals surface area contributed by atoms with Crippen LogP contribution in [0.1, 0.15) is 47.0 Å². The van der Waals surface area contributed by atoms with E-state index < -0.39 is 0 Å². The standard InChI is InChI=1S/C12H23NO/c1-9(2)6-7-10(14)8-11(13)12(3,4)5/h11H,1,6-8,13H2,2-5H3. The molecule has 2 N–H and O–H groups in total. The zero-order valence-electron chi connectivity index (χ0n) is 9.89. The molecule has 2 nitrogen and oxygen atoms in total. The predicted octanol–water partition coefficient (Wildman–Crippen LogP) is 2.68. The molecule has 0 fully saturated rings. The monoisotopic (exact) mass is 197 g/mol. The van der Waals surface area contributed by atoms with Crippen molar-refractivity contribution >= 4 is 5.78 Å². The molecular formula is C12H23NO. The molecule has 1 atom stereocenters. The zero-order valence-corrected chi connectivity index (χ0v) is 9.89. The SMILES string of the molecule is C=C(C)CCC(=O)CC(N)C(C)(C)C. The highest BCUT2D eigenvalue weighted by atomic mass is 16.1. The smallest absolute Gasteiger partial charge is 0.134 e. The molecule has 0 aromatic carbocycles. The highest BCUT2D eigenvalue weighted by Crippen LogP contribution is 2.20. The lowest BCUT2D eigenvalue weighted by Gasteiger charge is -2.26. The Bertz CT molecular complexity index is 213. The first-order chi connectivity index (χ1) is 6.23. The lowest BCUT2D eigenvalue weighted by atomic mass is 9.84. The molecule has 82 valence electrons. The van der Waals surface area contributed by atoms with Crippen molar-refractivity contribution in [3.8, 4) is 0 Å². The minimum atomic E-state index is -0.0416. The molecular weight excluding hydrogens is 174 g/mol. The normalized spacial score (nSPS) is 13.8. The van der Waals surface area contributed by atoms with E-state index in [9.17, 15) is 4.79 Å². The van der Waals surface area contributed by atoms with Gasteiger partial charge in [0.25, 0.3) is 0 Å². The van der Waals surface area contributed by atoms with Crippen LogP contribution >= 0.6 is 0 Å². The number of hydrogen-bond acceptors (Lipinski definition) is 2. The molecule has 0 saturated heterocycles. The summed E-state index contributed by atoms with van der Waals surface area (Å²) in [6, 6.07) is -0.0416. The molecule has 0 amide bonds. The van der Waals surface area contributed by atoms with E-state index in [4.69, 9.17) is 5.73 Å². The van der Waals surface area contributed by atoms with Crippen LogP contribution in [0.25, 0.3) is 0 Å². The van der Waals surface area contributed by atoms with Crippen molar-refractivity contribution in [2.75, 3.05) is 0 Å². The van der Waals surface area contributed by atoms with Crippen LogP contribution in [0.15, 0.2) is 12.2 Å². The molecule has 0 heterocycles. The molecule has 1 unspecified atom stereocenters. The van der Waals surface area contributed by atoms with E-state index in [-0.39, 0.29) is 17.2 Å². The zero-order chi connectivity index (χ0) is 11.4. The Labute approximate surface area is 87.6 Å². The summed E-state index contributed by atoms with van der Waals surface area (Å²) in [6.07, 6.45) is 1.85. The van der Waals surface area contributed by atoms with E-state index in [1.807, 2.05) is 6.92 Å². The van der Waals surface area contributed by atoms with Crippen molar-refractivity contribution in [1.29, 1.82) is 0 Å². The van der Waals surface area contributed by atoms with Crippen LogP contribution in [0.5, 0.6) is 0 Å². The summed E-state index contributed by atoms with van der Waals surface area (Å²) in [5, 5.41) is 0. The number of Topliss-reactive ketones (excluding diaryl/α,β-unsaturated/α-hetero) is 1. The van der Waals surface area contributed by atoms with E-state index >= 15 is 0 Å². The molecule has 2 heteroatoms. The van der Waals surface area contributed by atoms with Gasteiger partial charge in [0.15, 0.2) is 0 Å². The average molecular weight is 197 g/mol. The Morgan fingerprint density at radius 3 is 2.21 bits per heavy atom. The van der Waals surface area contributed by atoms with Gasteiger partial charge in [0.2, 0.25) is 0 Å². The summed E-state index contributed by atoms with van der Waals surface area (Å²) in [5.74, 6) is 0.246. The van der Waals surface area contributed by atoms with Crippen molar-refractivity contribution < 1.29 is 4.79 Å². The van der Waals surface area contributed by atoms with Gasteiger partial charge in [0, 0.05) is 18.9 Å². The number of allylic oxidation sites excluding steroid dienone is 1. The van der Waals surface area contributed by atoms with Crippen LogP contribution in [0.2, 0.25) is 0 Å². The van der Waals surface area contributed by atoms with Crippen LogP contribution in [-0.4, -0.2) is 11.8 Å². The summed E-state index contributed by atoms with van der Waals surface area (Å²) in [5.41, 5.74) is 6.99. The Balaban J connectivity index is 3.89. The Morgan fingerprint density at radius 1 is 1.36 bits per heavy atom. The predicted molar refractivity (Wildman–Crippen MR) is 61.1 cm³/mol. The Morgan fingerprint density at radius 2 is 1.86 bits per heavy atom. The fraction of sp³-hybridized carbons (Fsp3) is 0.750. The third kappa shape index (κ3) is 5.92. The second-order valence-corrected chi connectivity index (χ2v) is 5.17. The van der Waals surface area contributed by atoms with Crippen molar-refractivity contribution in [2.24, 2.45) is 11.1 Å². The van der Waals surface area contributed by atoms with Crippen molar-refractivity contribution in [3.63, 3.8) is 0 Å². The van der Waals surface area contributed by atoms with Crippen LogP contribution in [-0.2, 0) is 4.79 Å². The lowest BCUT2D eigenvalue weighted by Crippen LogP contribution is -2.36. The summed E-state index contributed by atoms with van der Waals surface area (Å²) in [7, 11) is 0. The van der Waals surface area contributed by atoms with Crippen molar-refractivity contribution in [1.82, 2.24) is 0 Å². The number of nitrogens with two attached hydrogens (primary N) is 1. The maximum absolute atomic E-state index is 11.5. The van der Waals surface area contributed by atoms with Gasteiger partial charge in [-0.3, -0.25) is 4.79 Å². The summed E-state index contributed by atoms with van der Waals surface area (Å²) >= 11 is 0. The highest BCUT2D eigenvalue weighted by Gasteiger charge is 2.22. The highest BCUT2D eigenvalue weighted by molar-refractivity contribution is 5.79. The molecule has 0 aliphatic rings. The van der Waals surface area contributed by atoms with Crippen molar-refractivity contribution in [3.05, 3.63) is 12.2 Å². The fourth-order valence-electron chi connectivity index (χ4n) is 1.01. The topological polar surface area (TPSA) is 43.1 Å². The Hall–Kier alpha value is -0.630. The number of hydrogen-bond donors (Lipinski definition) is 1. The van der Waals surface area contributed by atoms with Gasteiger partial charge in [-0.15, -0.1) is 6.58 Å². The summed E-state index contributed by atoms with van der Waals surface area (Å²) in [6.45, 7) is 11.9. The van der Waals surface area contributed by atoms with Gasteiger partial charge in [0.1, 0.15) is 5.78 Å². The van der Waals surface area contributed by atoms with Crippen molar-refractivity contribution in [2.45, 2.75) is 53.0 Å². The van der Waals surface area contributed by atoms with Crippen LogP contribution in [0.3, 0.4) is 0 Å². The molecule has 0 aliphatic carbocycles. The second-order valence-electron chi connectivity index (χ2n) is 5.17. The van der Waals surface area contributed by atoms with Gasteiger partial charge in [-0.05, 0) is 18.8 Å². The minimum Gasteiger partial charge on any atom is -0.327 e. The van der Waals surface area contributed by atoms with Gasteiger partial charge >= 0.3 is 0 Å². The molecule has 0 aromatic heterocycles. The fourth-order valence-corrected chi connectivity index (χ4v) is 1.01. The lowest BCUT2D eigenvalue weighted by molar-refractivity contribution is -0.119. The van der Waals surface area contributed by atoms with Gasteiger partial charge in [0.05, 0.1) is 0 Å². The quantitative estimate of drug-likeness (QED) is 0.689. The van der Waals surface area contributed by atoms with Gasteiger partial charge < -0.3 is 5.73 Å². The first-order valence-corrected chi connectivity index (χ1v) is 5.15. The molecule has 0 bridgehead atoms. The van der Waals surface area contributed by atoms with E-state index in [0.717, 1.165) is 12.0 Å². The number of carbonyl (C=O) groups is 1. The maximum Gasteiger partial charge on any atom is 0.134 e. The third-order valence-electron chi connectivity index (χ3n) is 2.39.